The van der Waals surface area contributed by atoms with E-state index in [1.807, 2.05) is 6.92 Å². The van der Waals surface area contributed by atoms with Crippen LogP contribution in [0.5, 0.6) is 0 Å². The lowest BCUT2D eigenvalue weighted by Gasteiger charge is -2.21. The summed E-state index contributed by atoms with van der Waals surface area (Å²) >= 11 is 1.39. The lowest BCUT2D eigenvalue weighted by Crippen LogP contribution is -2.36. The van der Waals surface area contributed by atoms with Crippen LogP contribution < -0.4 is 0 Å². The van der Waals surface area contributed by atoms with Crippen molar-refractivity contribution in [1.29, 1.82) is 0 Å². The lowest BCUT2D eigenvalue weighted by atomic mass is 10.2. The van der Waals surface area contributed by atoms with Gasteiger partial charge in [-0.25, -0.2) is 0 Å². The average Bonchev–Trinajstić information content (AvgIpc) is 1.88. The molecule has 0 radical (unpaired) electrons. The van der Waals surface area contributed by atoms with Crippen molar-refractivity contribution < 1.29 is 14.6 Å². The topological polar surface area (TPSA) is 46.5 Å². The SMILES string of the molecule is CCSC(C)(COC)C(=O)O. The molecule has 0 rings (SSSR count). The smallest absolute Gasteiger partial charge is 0.321 e. The van der Waals surface area contributed by atoms with Crippen LogP contribution in [-0.2, 0) is 9.53 Å². The third kappa shape index (κ3) is 3.12. The molecule has 0 aromatic carbocycles. The van der Waals surface area contributed by atoms with Crippen LogP contribution in [0.3, 0.4) is 0 Å². The number of rotatable bonds is 5. The van der Waals surface area contributed by atoms with Gasteiger partial charge in [0.1, 0.15) is 4.75 Å². The Kier molecular flexibility index (Phi) is 4.52. The number of aliphatic carboxylic acids is 1. The van der Waals surface area contributed by atoms with Crippen LogP contribution >= 0.6 is 11.8 Å². The Morgan fingerprint density at radius 3 is 2.55 bits per heavy atom. The Morgan fingerprint density at radius 2 is 2.27 bits per heavy atom. The van der Waals surface area contributed by atoms with Crippen LogP contribution in [-0.4, -0.2) is 35.3 Å². The molecule has 0 spiro atoms. The molecule has 0 saturated heterocycles. The molecule has 66 valence electrons. The van der Waals surface area contributed by atoms with Gasteiger partial charge in [0.05, 0.1) is 6.61 Å². The maximum Gasteiger partial charge on any atom is 0.321 e. The highest BCUT2D eigenvalue weighted by Gasteiger charge is 2.32. The molecule has 0 heterocycles. The summed E-state index contributed by atoms with van der Waals surface area (Å²) in [6.45, 7) is 3.86. The number of carboxylic acid groups (broad SMARTS) is 1. The first-order valence-corrected chi connectivity index (χ1v) is 4.41. The predicted octanol–water partition coefficient (Wildman–Crippen LogP) is 1.23. The number of hydrogen-bond acceptors (Lipinski definition) is 3. The molecule has 0 aromatic heterocycles. The van der Waals surface area contributed by atoms with Crippen LogP contribution in [0.2, 0.25) is 0 Å². The molecular weight excluding hydrogens is 164 g/mol. The Bertz CT molecular complexity index is 130. The van der Waals surface area contributed by atoms with Gasteiger partial charge < -0.3 is 9.84 Å². The van der Waals surface area contributed by atoms with Crippen molar-refractivity contribution in [2.75, 3.05) is 19.5 Å². The van der Waals surface area contributed by atoms with E-state index in [0.29, 0.717) is 0 Å². The van der Waals surface area contributed by atoms with Crippen LogP contribution in [0.15, 0.2) is 0 Å². The van der Waals surface area contributed by atoms with Crippen molar-refractivity contribution in [1.82, 2.24) is 0 Å². The van der Waals surface area contributed by atoms with E-state index in [1.165, 1.54) is 18.9 Å². The van der Waals surface area contributed by atoms with Gasteiger partial charge in [0.15, 0.2) is 0 Å². The van der Waals surface area contributed by atoms with Gasteiger partial charge in [-0.1, -0.05) is 6.92 Å². The minimum Gasteiger partial charge on any atom is -0.480 e. The van der Waals surface area contributed by atoms with Gasteiger partial charge in [-0.05, 0) is 12.7 Å². The van der Waals surface area contributed by atoms with Crippen molar-refractivity contribution in [2.45, 2.75) is 18.6 Å². The summed E-state index contributed by atoms with van der Waals surface area (Å²) in [7, 11) is 1.51. The van der Waals surface area contributed by atoms with Crippen LogP contribution in [0, 0.1) is 0 Å². The standard InChI is InChI=1S/C7H14O3S/c1-4-11-7(2,5-10-3)6(8)9/h4-5H2,1-3H3,(H,8,9). The van der Waals surface area contributed by atoms with Gasteiger partial charge in [0, 0.05) is 7.11 Å². The predicted molar refractivity (Wildman–Crippen MR) is 46.0 cm³/mol. The van der Waals surface area contributed by atoms with Crippen LogP contribution in [0.1, 0.15) is 13.8 Å². The van der Waals surface area contributed by atoms with Crippen molar-refractivity contribution in [3.63, 3.8) is 0 Å². The first kappa shape index (κ1) is 10.8. The number of methoxy groups -OCH3 is 1. The summed E-state index contributed by atoms with van der Waals surface area (Å²) in [5.41, 5.74) is 0. The number of carbonyl (C=O) groups is 1. The summed E-state index contributed by atoms with van der Waals surface area (Å²) in [6, 6.07) is 0. The molecule has 0 amide bonds. The fraction of sp³-hybridized carbons (Fsp3) is 0.857. The third-order valence-corrected chi connectivity index (χ3v) is 2.55. The monoisotopic (exact) mass is 178 g/mol. The fourth-order valence-corrected chi connectivity index (χ4v) is 1.72. The molecule has 3 nitrogen and oxygen atoms in total. The summed E-state index contributed by atoms with van der Waals surface area (Å²) in [5.74, 6) is -0.0298. The Morgan fingerprint density at radius 1 is 1.73 bits per heavy atom. The van der Waals surface area contributed by atoms with E-state index in [4.69, 9.17) is 9.84 Å². The molecule has 0 fully saturated rings. The fourth-order valence-electron chi connectivity index (χ4n) is 0.759. The quantitative estimate of drug-likeness (QED) is 0.687. The zero-order valence-corrected chi connectivity index (χ0v) is 7.90. The summed E-state index contributed by atoms with van der Waals surface area (Å²) in [5, 5.41) is 8.79. The molecule has 0 aliphatic carbocycles. The molecule has 0 saturated carbocycles. The largest absolute Gasteiger partial charge is 0.480 e. The van der Waals surface area contributed by atoms with E-state index >= 15 is 0 Å². The molecule has 4 heteroatoms. The number of carboxylic acids is 1. The molecule has 0 aliphatic heterocycles. The van der Waals surface area contributed by atoms with Crippen molar-refractivity contribution in [3.8, 4) is 0 Å². The molecule has 11 heavy (non-hydrogen) atoms. The molecule has 0 aliphatic rings. The van der Waals surface area contributed by atoms with E-state index < -0.39 is 10.7 Å². The van der Waals surface area contributed by atoms with Crippen molar-refractivity contribution in [3.05, 3.63) is 0 Å². The highest BCUT2D eigenvalue weighted by molar-refractivity contribution is 8.01. The van der Waals surface area contributed by atoms with E-state index in [-0.39, 0.29) is 6.61 Å². The maximum atomic E-state index is 10.7. The zero-order valence-electron chi connectivity index (χ0n) is 7.09. The number of hydrogen-bond donors (Lipinski definition) is 1. The summed E-state index contributed by atoms with van der Waals surface area (Å²) in [6.07, 6.45) is 0. The van der Waals surface area contributed by atoms with Gasteiger partial charge in [-0.15, -0.1) is 11.8 Å². The Hall–Kier alpha value is -0.220. The Balaban J connectivity index is 4.13. The molecular formula is C7H14O3S. The number of thioether (sulfide) groups is 1. The van der Waals surface area contributed by atoms with Gasteiger partial charge in [-0.3, -0.25) is 4.79 Å². The van der Waals surface area contributed by atoms with Crippen LogP contribution in [0.4, 0.5) is 0 Å². The molecule has 0 bridgehead atoms. The normalized spacial score (nSPS) is 15.9. The van der Waals surface area contributed by atoms with Gasteiger partial charge in [0.2, 0.25) is 0 Å². The molecule has 1 unspecified atom stereocenters. The Labute approximate surface area is 71.1 Å². The van der Waals surface area contributed by atoms with E-state index in [9.17, 15) is 4.79 Å². The average molecular weight is 178 g/mol. The minimum atomic E-state index is -0.814. The first-order chi connectivity index (χ1) is 5.06. The van der Waals surface area contributed by atoms with E-state index in [0.717, 1.165) is 5.75 Å². The summed E-state index contributed by atoms with van der Waals surface area (Å²) < 4.78 is 4.03. The summed E-state index contributed by atoms with van der Waals surface area (Å²) in [4.78, 5) is 10.7. The van der Waals surface area contributed by atoms with Gasteiger partial charge in [-0.2, -0.15) is 0 Å². The van der Waals surface area contributed by atoms with Gasteiger partial charge in [0.25, 0.3) is 0 Å². The van der Waals surface area contributed by atoms with Crippen molar-refractivity contribution >= 4 is 17.7 Å². The second kappa shape index (κ2) is 4.62. The maximum absolute atomic E-state index is 10.7. The van der Waals surface area contributed by atoms with E-state index in [1.54, 1.807) is 6.92 Å². The zero-order chi connectivity index (χ0) is 8.91. The van der Waals surface area contributed by atoms with Crippen LogP contribution in [0.25, 0.3) is 0 Å². The second-order valence-corrected chi connectivity index (χ2v) is 4.17. The molecule has 0 aromatic rings. The molecule has 1 atom stereocenters. The van der Waals surface area contributed by atoms with Crippen molar-refractivity contribution in [2.24, 2.45) is 0 Å². The number of ether oxygens (including phenoxy) is 1. The highest BCUT2D eigenvalue weighted by Crippen LogP contribution is 2.24. The third-order valence-electron chi connectivity index (χ3n) is 1.34. The minimum absolute atomic E-state index is 0.251. The second-order valence-electron chi connectivity index (χ2n) is 2.40. The first-order valence-electron chi connectivity index (χ1n) is 3.43. The molecule has 1 N–H and O–H groups in total. The highest BCUT2D eigenvalue weighted by atomic mass is 32.2. The van der Waals surface area contributed by atoms with E-state index in [2.05, 4.69) is 0 Å². The van der Waals surface area contributed by atoms with Gasteiger partial charge >= 0.3 is 5.97 Å². The lowest BCUT2D eigenvalue weighted by molar-refractivity contribution is -0.140.